The molecule has 43 heavy (non-hydrogen) atoms. The summed E-state index contributed by atoms with van der Waals surface area (Å²) in [5.41, 5.74) is 2.18. The Morgan fingerprint density at radius 2 is 1.86 bits per heavy atom. The second kappa shape index (κ2) is 13.0. The maximum atomic E-state index is 14.2. The van der Waals surface area contributed by atoms with Gasteiger partial charge in [-0.3, -0.25) is 14.5 Å². The molecule has 1 aromatic heterocycles. The van der Waals surface area contributed by atoms with Gasteiger partial charge in [0.25, 0.3) is 6.43 Å². The Morgan fingerprint density at radius 3 is 2.51 bits per heavy atom. The molecule has 1 aromatic carbocycles. The van der Waals surface area contributed by atoms with Gasteiger partial charge in [0.15, 0.2) is 0 Å². The number of nitrogens with zero attached hydrogens (tertiary/aromatic N) is 5. The van der Waals surface area contributed by atoms with Crippen molar-refractivity contribution in [2.45, 2.75) is 49.8 Å². The van der Waals surface area contributed by atoms with Gasteiger partial charge >= 0.3 is 12.1 Å². The van der Waals surface area contributed by atoms with Gasteiger partial charge in [-0.2, -0.15) is 18.3 Å². The van der Waals surface area contributed by atoms with Crippen LogP contribution in [0.5, 0.6) is 0 Å². The summed E-state index contributed by atoms with van der Waals surface area (Å²) < 4.78 is 73.6. The average Bonchev–Trinajstić information content (AvgIpc) is 3.43. The summed E-state index contributed by atoms with van der Waals surface area (Å²) in [4.78, 5) is 17.0. The van der Waals surface area contributed by atoms with Crippen molar-refractivity contribution in [3.63, 3.8) is 0 Å². The van der Waals surface area contributed by atoms with Crippen molar-refractivity contribution in [2.24, 2.45) is 0 Å². The number of rotatable bonds is 8. The van der Waals surface area contributed by atoms with E-state index in [4.69, 9.17) is 16.3 Å². The Hall–Kier alpha value is -2.96. The standard InChI is InChI=1S/C30H35ClF5N5O2/c1-2-43-28(42)24-18-37-41(26(24)27(32)33)22-9-6-12-39(19-22)25-17-29(31,11-10-23(25)21-7-4-3-5-8-21)40-15-13-38(14-16-40)20-30(34,35)36/h3-5,7-8,10-11,18,22,27H,2,6,9,12-17,19-20H2,1H3. The lowest BCUT2D eigenvalue weighted by atomic mass is 9.90. The van der Waals surface area contributed by atoms with E-state index < -0.39 is 41.8 Å². The van der Waals surface area contributed by atoms with E-state index in [9.17, 15) is 26.7 Å². The molecule has 234 valence electrons. The molecule has 5 rings (SSSR count). The molecule has 0 amide bonds. The Labute approximate surface area is 252 Å². The van der Waals surface area contributed by atoms with Crippen molar-refractivity contribution in [2.75, 3.05) is 52.4 Å². The van der Waals surface area contributed by atoms with E-state index >= 15 is 0 Å². The summed E-state index contributed by atoms with van der Waals surface area (Å²) in [5.74, 6) is -0.828. The third-order valence-corrected chi connectivity index (χ3v) is 8.78. The molecule has 2 aromatic rings. The van der Waals surface area contributed by atoms with Crippen LogP contribution >= 0.6 is 11.6 Å². The summed E-state index contributed by atoms with van der Waals surface area (Å²) in [6.45, 7) is 3.01. The summed E-state index contributed by atoms with van der Waals surface area (Å²) in [6.07, 6.45) is -0.471. The van der Waals surface area contributed by atoms with Crippen LogP contribution in [-0.2, 0) is 4.74 Å². The molecule has 0 saturated carbocycles. The minimum absolute atomic E-state index is 0.0609. The molecule has 3 aliphatic rings. The number of allylic oxidation sites excluding steroid dienone is 2. The fourth-order valence-electron chi connectivity index (χ4n) is 6.25. The molecule has 2 saturated heterocycles. The van der Waals surface area contributed by atoms with Crippen LogP contribution in [-0.4, -0.2) is 94.0 Å². The topological polar surface area (TPSA) is 53.8 Å². The van der Waals surface area contributed by atoms with Crippen LogP contribution in [0.2, 0.25) is 0 Å². The third-order valence-electron chi connectivity index (χ3n) is 8.28. The number of piperidine rings is 1. The van der Waals surface area contributed by atoms with Gasteiger partial charge in [0.1, 0.15) is 16.3 Å². The van der Waals surface area contributed by atoms with Gasteiger partial charge in [-0.15, -0.1) is 0 Å². The van der Waals surface area contributed by atoms with Crippen molar-refractivity contribution in [3.8, 4) is 0 Å². The van der Waals surface area contributed by atoms with Crippen molar-refractivity contribution in [1.82, 2.24) is 24.5 Å². The summed E-state index contributed by atoms with van der Waals surface area (Å²) in [5, 5.41) is 4.22. The molecule has 2 fully saturated rings. The predicted octanol–water partition coefficient (Wildman–Crippen LogP) is 6.12. The Morgan fingerprint density at radius 1 is 1.14 bits per heavy atom. The number of benzene rings is 1. The minimum Gasteiger partial charge on any atom is -0.462 e. The number of likely N-dealkylation sites (tertiary alicyclic amines) is 1. The quantitative estimate of drug-likeness (QED) is 0.152. The van der Waals surface area contributed by atoms with Crippen LogP contribution in [0.4, 0.5) is 22.0 Å². The van der Waals surface area contributed by atoms with E-state index in [2.05, 4.69) is 10.00 Å². The van der Waals surface area contributed by atoms with Crippen LogP contribution in [0.1, 0.15) is 60.3 Å². The molecule has 7 nitrogen and oxygen atoms in total. The van der Waals surface area contributed by atoms with E-state index in [-0.39, 0.29) is 25.3 Å². The highest BCUT2D eigenvalue weighted by Gasteiger charge is 2.41. The zero-order chi connectivity index (χ0) is 30.8. The largest absolute Gasteiger partial charge is 0.462 e. The number of ether oxygens (including phenoxy) is 1. The summed E-state index contributed by atoms with van der Waals surface area (Å²) >= 11 is 7.26. The fourth-order valence-corrected chi connectivity index (χ4v) is 6.61. The van der Waals surface area contributed by atoms with Gasteiger partial charge in [-0.05, 0) is 31.4 Å². The van der Waals surface area contributed by atoms with E-state index in [0.717, 1.165) is 23.0 Å². The van der Waals surface area contributed by atoms with Crippen molar-refractivity contribution >= 4 is 23.1 Å². The first-order valence-corrected chi connectivity index (χ1v) is 14.9. The SMILES string of the molecule is CCOC(=O)c1cnn(C2CCCN(C3=C(c4ccccc4)C=CC(Cl)(N4CCN(CC(F)(F)F)CC4)C3)C2)c1C(F)F. The van der Waals surface area contributed by atoms with E-state index in [1.165, 1.54) is 9.58 Å². The Bertz CT molecular complexity index is 1340. The maximum absolute atomic E-state index is 14.2. The van der Waals surface area contributed by atoms with Crippen LogP contribution in [0.15, 0.2) is 54.4 Å². The van der Waals surface area contributed by atoms with E-state index in [1.54, 1.807) is 6.92 Å². The lowest BCUT2D eigenvalue weighted by molar-refractivity contribution is -0.149. The first kappa shape index (κ1) is 31.5. The lowest BCUT2D eigenvalue weighted by Gasteiger charge is -2.47. The molecule has 3 heterocycles. The van der Waals surface area contributed by atoms with Crippen LogP contribution < -0.4 is 0 Å². The van der Waals surface area contributed by atoms with Crippen LogP contribution in [0, 0.1) is 0 Å². The number of carbonyl (C=O) groups excluding carboxylic acids is 1. The number of esters is 1. The Kier molecular flexibility index (Phi) is 9.48. The summed E-state index contributed by atoms with van der Waals surface area (Å²) in [6, 6.07) is 9.35. The molecule has 2 atom stereocenters. The monoisotopic (exact) mass is 627 g/mol. The number of hydrogen-bond acceptors (Lipinski definition) is 6. The second-order valence-corrected chi connectivity index (χ2v) is 11.7. The molecule has 1 aliphatic carbocycles. The fraction of sp³-hybridized carbons (Fsp3) is 0.533. The molecule has 0 radical (unpaired) electrons. The molecule has 0 N–H and O–H groups in total. The highest BCUT2D eigenvalue weighted by molar-refractivity contribution is 6.25. The lowest BCUT2D eigenvalue weighted by Crippen LogP contribution is -2.56. The highest BCUT2D eigenvalue weighted by Crippen LogP contribution is 2.42. The van der Waals surface area contributed by atoms with Crippen LogP contribution in [0.25, 0.3) is 5.57 Å². The predicted molar refractivity (Wildman–Crippen MR) is 153 cm³/mol. The average molecular weight is 628 g/mol. The first-order chi connectivity index (χ1) is 20.5. The summed E-state index contributed by atoms with van der Waals surface area (Å²) in [7, 11) is 0. The van der Waals surface area contributed by atoms with Gasteiger partial charge in [-0.1, -0.05) is 48.0 Å². The number of carbonyl (C=O) groups is 1. The number of piperazine rings is 1. The van der Waals surface area contributed by atoms with Crippen LogP contribution in [0.3, 0.4) is 0 Å². The molecule has 0 bridgehead atoms. The third kappa shape index (κ3) is 7.07. The molecule has 13 heteroatoms. The molecular formula is C30H35ClF5N5O2. The number of halogens is 6. The van der Waals surface area contributed by atoms with Gasteiger partial charge < -0.3 is 9.64 Å². The van der Waals surface area contributed by atoms with Crippen molar-refractivity contribution in [1.29, 1.82) is 0 Å². The van der Waals surface area contributed by atoms with Gasteiger partial charge in [0.2, 0.25) is 0 Å². The zero-order valence-electron chi connectivity index (χ0n) is 23.9. The zero-order valence-corrected chi connectivity index (χ0v) is 24.6. The smallest absolute Gasteiger partial charge is 0.401 e. The molecular weight excluding hydrogens is 593 g/mol. The van der Waals surface area contributed by atoms with Crippen molar-refractivity contribution < 1.29 is 31.5 Å². The molecule has 2 aliphatic heterocycles. The molecule has 0 spiro atoms. The van der Waals surface area contributed by atoms with Gasteiger partial charge in [0.05, 0.1) is 25.4 Å². The second-order valence-electron chi connectivity index (χ2n) is 11.1. The normalized spacial score (nSPS) is 24.2. The molecule has 2 unspecified atom stereocenters. The maximum Gasteiger partial charge on any atom is 0.401 e. The minimum atomic E-state index is -4.26. The van der Waals surface area contributed by atoms with E-state index in [1.807, 2.05) is 47.4 Å². The highest BCUT2D eigenvalue weighted by atomic mass is 35.5. The van der Waals surface area contributed by atoms with Gasteiger partial charge in [0, 0.05) is 57.0 Å². The number of alkyl halides is 6. The number of aromatic nitrogens is 2. The van der Waals surface area contributed by atoms with Gasteiger partial charge in [-0.25, -0.2) is 13.6 Å². The van der Waals surface area contributed by atoms with Crippen molar-refractivity contribution in [3.05, 3.63) is 71.2 Å². The Balaban J connectivity index is 1.42. The first-order valence-electron chi connectivity index (χ1n) is 14.5. The van der Waals surface area contributed by atoms with E-state index in [0.29, 0.717) is 45.4 Å². The number of hydrogen-bond donors (Lipinski definition) is 0.